The second-order valence-electron chi connectivity index (χ2n) is 4.36. The first-order chi connectivity index (χ1) is 8.65. The van der Waals surface area contributed by atoms with Crippen LogP contribution in [0.2, 0.25) is 0 Å². The number of aliphatic hydroxyl groups is 1. The van der Waals surface area contributed by atoms with E-state index in [9.17, 15) is 5.11 Å². The van der Waals surface area contributed by atoms with E-state index < -0.39 is 6.10 Å². The van der Waals surface area contributed by atoms with Gasteiger partial charge in [0.1, 0.15) is 24.2 Å². The molecule has 0 aliphatic heterocycles. The number of methoxy groups -OCH3 is 1. The lowest BCUT2D eigenvalue weighted by Gasteiger charge is -2.16. The summed E-state index contributed by atoms with van der Waals surface area (Å²) in [6.45, 7) is 5.02. The van der Waals surface area contributed by atoms with Crippen molar-refractivity contribution in [1.82, 2.24) is 5.32 Å². The molecule has 4 heteroatoms. The standard InChI is InChI=1S/C14H23NO3/c1-4-11(2)15-9-12(16)10-18-14-7-5-6-13(8-14)17-3/h5-8,11-12,15-16H,4,9-10H2,1-3H3/t11-,12-/m0/s1. The van der Waals surface area contributed by atoms with Gasteiger partial charge in [-0.3, -0.25) is 0 Å². The van der Waals surface area contributed by atoms with E-state index in [4.69, 9.17) is 9.47 Å². The smallest absolute Gasteiger partial charge is 0.123 e. The summed E-state index contributed by atoms with van der Waals surface area (Å²) < 4.78 is 10.6. The molecule has 0 radical (unpaired) electrons. The lowest BCUT2D eigenvalue weighted by molar-refractivity contribution is 0.104. The Morgan fingerprint density at radius 1 is 1.33 bits per heavy atom. The van der Waals surface area contributed by atoms with E-state index in [1.54, 1.807) is 13.2 Å². The van der Waals surface area contributed by atoms with Crippen molar-refractivity contribution in [2.24, 2.45) is 0 Å². The zero-order valence-corrected chi connectivity index (χ0v) is 11.3. The van der Waals surface area contributed by atoms with Crippen LogP contribution in [0, 0.1) is 0 Å². The second kappa shape index (κ2) is 7.95. The number of aliphatic hydroxyl groups excluding tert-OH is 1. The van der Waals surface area contributed by atoms with Gasteiger partial charge in [0, 0.05) is 18.7 Å². The third-order valence-electron chi connectivity index (χ3n) is 2.80. The molecule has 1 aromatic rings. The summed E-state index contributed by atoms with van der Waals surface area (Å²) in [6.07, 6.45) is 0.536. The average Bonchev–Trinajstić information content (AvgIpc) is 2.42. The molecule has 0 heterocycles. The van der Waals surface area contributed by atoms with Crippen LogP contribution in [-0.4, -0.2) is 37.5 Å². The van der Waals surface area contributed by atoms with E-state index in [1.165, 1.54) is 0 Å². The van der Waals surface area contributed by atoms with Gasteiger partial charge in [0.15, 0.2) is 0 Å². The van der Waals surface area contributed by atoms with Crippen LogP contribution in [0.5, 0.6) is 11.5 Å². The Hall–Kier alpha value is -1.26. The molecule has 0 bridgehead atoms. The molecule has 1 rings (SSSR count). The molecule has 0 aliphatic carbocycles. The third-order valence-corrected chi connectivity index (χ3v) is 2.80. The Labute approximate surface area is 109 Å². The van der Waals surface area contributed by atoms with Crippen LogP contribution in [0.25, 0.3) is 0 Å². The topological polar surface area (TPSA) is 50.7 Å². The van der Waals surface area contributed by atoms with Crippen molar-refractivity contribution < 1.29 is 14.6 Å². The minimum Gasteiger partial charge on any atom is -0.497 e. The Morgan fingerprint density at radius 3 is 2.72 bits per heavy atom. The van der Waals surface area contributed by atoms with Crippen LogP contribution >= 0.6 is 0 Å². The summed E-state index contributed by atoms with van der Waals surface area (Å²) in [6, 6.07) is 7.77. The Balaban J connectivity index is 2.30. The maximum atomic E-state index is 9.76. The van der Waals surface area contributed by atoms with Crippen molar-refractivity contribution in [1.29, 1.82) is 0 Å². The highest BCUT2D eigenvalue weighted by molar-refractivity contribution is 5.32. The quantitative estimate of drug-likeness (QED) is 0.742. The molecule has 2 N–H and O–H groups in total. The lowest BCUT2D eigenvalue weighted by atomic mass is 10.2. The molecule has 0 saturated carbocycles. The molecule has 0 aromatic heterocycles. The predicted octanol–water partition coefficient (Wildman–Crippen LogP) is 1.82. The Morgan fingerprint density at radius 2 is 2.06 bits per heavy atom. The van der Waals surface area contributed by atoms with Crippen molar-refractivity contribution >= 4 is 0 Å². The summed E-state index contributed by atoms with van der Waals surface area (Å²) in [7, 11) is 1.62. The first-order valence-electron chi connectivity index (χ1n) is 6.34. The number of hydrogen-bond acceptors (Lipinski definition) is 4. The minimum atomic E-state index is -0.509. The number of rotatable bonds is 8. The summed E-state index contributed by atoms with van der Waals surface area (Å²) in [5.74, 6) is 1.46. The molecule has 0 amide bonds. The molecule has 0 unspecified atom stereocenters. The largest absolute Gasteiger partial charge is 0.497 e. The molecular weight excluding hydrogens is 230 g/mol. The molecule has 18 heavy (non-hydrogen) atoms. The third kappa shape index (κ3) is 5.38. The van der Waals surface area contributed by atoms with Crippen molar-refractivity contribution in [3.63, 3.8) is 0 Å². The van der Waals surface area contributed by atoms with Crippen LogP contribution in [0.15, 0.2) is 24.3 Å². The first kappa shape index (κ1) is 14.8. The van der Waals surface area contributed by atoms with Gasteiger partial charge < -0.3 is 19.9 Å². The molecule has 0 aliphatic rings. The van der Waals surface area contributed by atoms with E-state index in [1.807, 2.05) is 18.2 Å². The fourth-order valence-electron chi connectivity index (χ4n) is 1.42. The highest BCUT2D eigenvalue weighted by Gasteiger charge is 2.07. The van der Waals surface area contributed by atoms with E-state index in [2.05, 4.69) is 19.2 Å². The minimum absolute atomic E-state index is 0.274. The van der Waals surface area contributed by atoms with E-state index >= 15 is 0 Å². The molecule has 102 valence electrons. The van der Waals surface area contributed by atoms with Gasteiger partial charge in [0.25, 0.3) is 0 Å². The van der Waals surface area contributed by atoms with Gasteiger partial charge in [-0.25, -0.2) is 0 Å². The summed E-state index contributed by atoms with van der Waals surface area (Å²) >= 11 is 0. The number of nitrogens with one attached hydrogen (secondary N) is 1. The molecule has 0 spiro atoms. The van der Waals surface area contributed by atoms with Crippen molar-refractivity contribution in [3.8, 4) is 11.5 Å². The van der Waals surface area contributed by atoms with Gasteiger partial charge >= 0.3 is 0 Å². The second-order valence-corrected chi connectivity index (χ2v) is 4.36. The highest BCUT2D eigenvalue weighted by atomic mass is 16.5. The number of ether oxygens (including phenoxy) is 2. The summed E-state index contributed by atoms with van der Waals surface area (Å²) in [4.78, 5) is 0. The normalized spacial score (nSPS) is 14.0. The molecular formula is C14H23NO3. The van der Waals surface area contributed by atoms with Crippen LogP contribution in [0.4, 0.5) is 0 Å². The van der Waals surface area contributed by atoms with Crippen molar-refractivity contribution in [2.75, 3.05) is 20.3 Å². The van der Waals surface area contributed by atoms with Crippen LogP contribution in [0.3, 0.4) is 0 Å². The fourth-order valence-corrected chi connectivity index (χ4v) is 1.42. The van der Waals surface area contributed by atoms with E-state index in [0.29, 0.717) is 18.3 Å². The number of benzene rings is 1. The molecule has 4 nitrogen and oxygen atoms in total. The average molecular weight is 253 g/mol. The predicted molar refractivity (Wildman–Crippen MR) is 72.3 cm³/mol. The first-order valence-corrected chi connectivity index (χ1v) is 6.34. The van der Waals surface area contributed by atoms with E-state index in [0.717, 1.165) is 12.2 Å². The van der Waals surface area contributed by atoms with Crippen molar-refractivity contribution in [2.45, 2.75) is 32.4 Å². The lowest BCUT2D eigenvalue weighted by Crippen LogP contribution is -2.36. The Kier molecular flexibility index (Phi) is 6.54. The zero-order valence-electron chi connectivity index (χ0n) is 11.3. The van der Waals surface area contributed by atoms with Crippen LogP contribution in [-0.2, 0) is 0 Å². The highest BCUT2D eigenvalue weighted by Crippen LogP contribution is 2.18. The Bertz CT molecular complexity index is 344. The van der Waals surface area contributed by atoms with Gasteiger partial charge in [0.05, 0.1) is 7.11 Å². The van der Waals surface area contributed by atoms with Crippen molar-refractivity contribution in [3.05, 3.63) is 24.3 Å². The van der Waals surface area contributed by atoms with Crippen LogP contribution in [0.1, 0.15) is 20.3 Å². The van der Waals surface area contributed by atoms with Gasteiger partial charge in [-0.05, 0) is 25.5 Å². The van der Waals surface area contributed by atoms with Gasteiger partial charge in [-0.1, -0.05) is 13.0 Å². The van der Waals surface area contributed by atoms with Crippen LogP contribution < -0.4 is 14.8 Å². The SMILES string of the molecule is CC[C@H](C)NC[C@H](O)COc1cccc(OC)c1. The van der Waals surface area contributed by atoms with E-state index in [-0.39, 0.29) is 6.61 Å². The molecule has 0 fully saturated rings. The molecule has 2 atom stereocenters. The van der Waals surface area contributed by atoms with Gasteiger partial charge in [-0.2, -0.15) is 0 Å². The maximum absolute atomic E-state index is 9.76. The fraction of sp³-hybridized carbons (Fsp3) is 0.571. The number of hydrogen-bond donors (Lipinski definition) is 2. The molecule has 1 aromatic carbocycles. The van der Waals surface area contributed by atoms with Gasteiger partial charge in [-0.15, -0.1) is 0 Å². The van der Waals surface area contributed by atoms with Gasteiger partial charge in [0.2, 0.25) is 0 Å². The monoisotopic (exact) mass is 253 g/mol. The zero-order chi connectivity index (χ0) is 13.4. The molecule has 0 saturated heterocycles. The summed E-state index contributed by atoms with van der Waals surface area (Å²) in [5.41, 5.74) is 0. The maximum Gasteiger partial charge on any atom is 0.123 e. The summed E-state index contributed by atoms with van der Waals surface area (Å²) in [5, 5.41) is 13.0.